The number of imidazole rings is 1. The molecule has 3 nitrogen and oxygen atoms in total. The molecule has 0 spiro atoms. The zero-order chi connectivity index (χ0) is 13.2. The minimum absolute atomic E-state index is 0.229. The third-order valence-corrected chi connectivity index (χ3v) is 4.11. The first kappa shape index (κ1) is 12.8. The third kappa shape index (κ3) is 2.72. The molecule has 1 saturated heterocycles. The molecule has 2 heterocycles. The van der Waals surface area contributed by atoms with Gasteiger partial charge in [0, 0.05) is 6.54 Å². The summed E-state index contributed by atoms with van der Waals surface area (Å²) in [6.07, 6.45) is 3.73. The Bertz CT molecular complexity index is 625. The Morgan fingerprint density at radius 3 is 2.79 bits per heavy atom. The average Bonchev–Trinajstić information content (AvgIpc) is 2.98. The molecule has 0 bridgehead atoms. The van der Waals surface area contributed by atoms with E-state index in [9.17, 15) is 4.39 Å². The monoisotopic (exact) mass is 279 g/mol. The molecule has 0 atom stereocenters. The largest absolute Gasteiger partial charge is 0.330 e. The SMILES string of the molecule is Fc1ccc2c(c1)[nH]c(=S)n2CCCN1CCCC1. The zero-order valence-electron chi connectivity index (χ0n) is 10.9. The van der Waals surface area contributed by atoms with Gasteiger partial charge in [-0.05, 0) is 69.3 Å². The summed E-state index contributed by atoms with van der Waals surface area (Å²) >= 11 is 5.32. The van der Waals surface area contributed by atoms with Crippen molar-refractivity contribution in [3.63, 3.8) is 0 Å². The Morgan fingerprint density at radius 2 is 2.00 bits per heavy atom. The molecule has 1 N–H and O–H groups in total. The summed E-state index contributed by atoms with van der Waals surface area (Å²) in [5, 5.41) is 0. The summed E-state index contributed by atoms with van der Waals surface area (Å²) in [6, 6.07) is 4.79. The van der Waals surface area contributed by atoms with Crippen molar-refractivity contribution in [3.8, 4) is 0 Å². The van der Waals surface area contributed by atoms with Gasteiger partial charge in [-0.2, -0.15) is 0 Å². The van der Waals surface area contributed by atoms with E-state index in [1.165, 1.54) is 38.1 Å². The Morgan fingerprint density at radius 1 is 1.21 bits per heavy atom. The first-order valence-corrected chi connectivity index (χ1v) is 7.25. The number of H-pyrrole nitrogens is 1. The van der Waals surface area contributed by atoms with E-state index in [1.54, 1.807) is 6.07 Å². The molecule has 0 aliphatic carbocycles. The third-order valence-electron chi connectivity index (χ3n) is 3.79. The summed E-state index contributed by atoms with van der Waals surface area (Å²) in [7, 11) is 0. The van der Waals surface area contributed by atoms with Gasteiger partial charge in [0.15, 0.2) is 4.77 Å². The van der Waals surface area contributed by atoms with Gasteiger partial charge in [0.2, 0.25) is 0 Å². The van der Waals surface area contributed by atoms with E-state index in [-0.39, 0.29) is 5.82 Å². The standard InChI is InChI=1S/C14H18FN3S/c15-11-4-5-13-12(10-11)16-14(19)18(13)9-3-8-17-6-1-2-7-17/h4-5,10H,1-3,6-9H2,(H,16,19). The lowest BCUT2D eigenvalue weighted by molar-refractivity contribution is 0.326. The number of hydrogen-bond acceptors (Lipinski definition) is 2. The maximum Gasteiger partial charge on any atom is 0.178 e. The molecule has 0 saturated carbocycles. The van der Waals surface area contributed by atoms with E-state index in [1.807, 2.05) is 0 Å². The molecule has 2 aromatic rings. The summed E-state index contributed by atoms with van der Waals surface area (Å²) in [5.74, 6) is -0.229. The van der Waals surface area contributed by atoms with Crippen molar-refractivity contribution < 1.29 is 4.39 Å². The molecular weight excluding hydrogens is 261 g/mol. The van der Waals surface area contributed by atoms with E-state index < -0.39 is 0 Å². The van der Waals surface area contributed by atoms with Crippen LogP contribution >= 0.6 is 12.2 Å². The maximum atomic E-state index is 13.2. The second-order valence-corrected chi connectivity index (χ2v) is 5.53. The number of aryl methyl sites for hydroxylation is 1. The van der Waals surface area contributed by atoms with Crippen LogP contribution in [0.4, 0.5) is 4.39 Å². The first-order valence-electron chi connectivity index (χ1n) is 6.84. The van der Waals surface area contributed by atoms with E-state index in [0.717, 1.165) is 30.5 Å². The highest BCUT2D eigenvalue weighted by Crippen LogP contribution is 2.16. The Hall–Kier alpha value is -1.20. The van der Waals surface area contributed by atoms with Gasteiger partial charge in [-0.15, -0.1) is 0 Å². The minimum atomic E-state index is -0.229. The van der Waals surface area contributed by atoms with Crippen molar-refractivity contribution in [2.45, 2.75) is 25.8 Å². The normalized spacial score (nSPS) is 16.5. The van der Waals surface area contributed by atoms with Crippen molar-refractivity contribution in [2.75, 3.05) is 19.6 Å². The zero-order valence-corrected chi connectivity index (χ0v) is 11.7. The number of aromatic amines is 1. The topological polar surface area (TPSA) is 24.0 Å². The van der Waals surface area contributed by atoms with Crippen LogP contribution in [0.25, 0.3) is 11.0 Å². The van der Waals surface area contributed by atoms with E-state index >= 15 is 0 Å². The fourth-order valence-electron chi connectivity index (χ4n) is 2.82. The highest BCUT2D eigenvalue weighted by atomic mass is 32.1. The van der Waals surface area contributed by atoms with Gasteiger partial charge in [-0.25, -0.2) is 4.39 Å². The van der Waals surface area contributed by atoms with Crippen LogP contribution in [0.15, 0.2) is 18.2 Å². The second-order valence-electron chi connectivity index (χ2n) is 5.15. The van der Waals surface area contributed by atoms with Crippen LogP contribution in [0.3, 0.4) is 0 Å². The van der Waals surface area contributed by atoms with E-state index in [2.05, 4.69) is 14.5 Å². The summed E-state index contributed by atoms with van der Waals surface area (Å²) < 4.78 is 15.9. The number of rotatable bonds is 4. The lowest BCUT2D eigenvalue weighted by Crippen LogP contribution is -2.21. The van der Waals surface area contributed by atoms with Gasteiger partial charge in [0.05, 0.1) is 11.0 Å². The fraction of sp³-hybridized carbons (Fsp3) is 0.500. The minimum Gasteiger partial charge on any atom is -0.330 e. The molecule has 1 aromatic carbocycles. The number of fused-ring (bicyclic) bond motifs is 1. The van der Waals surface area contributed by atoms with E-state index in [4.69, 9.17) is 12.2 Å². The molecule has 102 valence electrons. The van der Waals surface area contributed by atoms with Crippen molar-refractivity contribution in [3.05, 3.63) is 28.8 Å². The Balaban J connectivity index is 1.73. The summed E-state index contributed by atoms with van der Waals surface area (Å²) in [6.45, 7) is 4.46. The number of nitrogens with one attached hydrogen (secondary N) is 1. The van der Waals surface area contributed by atoms with Crippen LogP contribution in [-0.2, 0) is 6.54 Å². The molecule has 1 aromatic heterocycles. The number of likely N-dealkylation sites (tertiary alicyclic amines) is 1. The molecule has 0 radical (unpaired) electrons. The maximum absolute atomic E-state index is 13.2. The highest BCUT2D eigenvalue weighted by Gasteiger charge is 2.11. The van der Waals surface area contributed by atoms with E-state index in [0.29, 0.717) is 4.77 Å². The number of halogens is 1. The number of aromatic nitrogens is 2. The van der Waals surface area contributed by atoms with Gasteiger partial charge in [0.25, 0.3) is 0 Å². The quantitative estimate of drug-likeness (QED) is 0.868. The first-order chi connectivity index (χ1) is 9.24. The van der Waals surface area contributed by atoms with Gasteiger partial charge in [-0.3, -0.25) is 0 Å². The van der Waals surface area contributed by atoms with Gasteiger partial charge in [0.1, 0.15) is 5.82 Å². The second kappa shape index (κ2) is 5.43. The van der Waals surface area contributed by atoms with Gasteiger partial charge in [-0.1, -0.05) is 0 Å². The molecule has 1 fully saturated rings. The molecule has 5 heteroatoms. The molecule has 0 unspecified atom stereocenters. The van der Waals surface area contributed by atoms with Gasteiger partial charge < -0.3 is 14.5 Å². The number of benzene rings is 1. The highest BCUT2D eigenvalue weighted by molar-refractivity contribution is 7.71. The average molecular weight is 279 g/mol. The smallest absolute Gasteiger partial charge is 0.178 e. The summed E-state index contributed by atoms with van der Waals surface area (Å²) in [4.78, 5) is 5.57. The van der Waals surface area contributed by atoms with Gasteiger partial charge >= 0.3 is 0 Å². The van der Waals surface area contributed by atoms with Crippen LogP contribution in [0.5, 0.6) is 0 Å². The molecule has 0 amide bonds. The molecule has 19 heavy (non-hydrogen) atoms. The van der Waals surface area contributed by atoms with Crippen LogP contribution in [0.1, 0.15) is 19.3 Å². The van der Waals surface area contributed by atoms with Crippen molar-refractivity contribution >= 4 is 23.3 Å². The lowest BCUT2D eigenvalue weighted by atomic mass is 10.3. The van der Waals surface area contributed by atoms with Crippen molar-refractivity contribution in [1.82, 2.24) is 14.5 Å². The number of hydrogen-bond donors (Lipinski definition) is 1. The molecule has 3 rings (SSSR count). The predicted octanol–water partition coefficient (Wildman–Crippen LogP) is 3.32. The Labute approximate surface area is 117 Å². The predicted molar refractivity (Wildman–Crippen MR) is 77.4 cm³/mol. The van der Waals surface area contributed by atoms with Crippen molar-refractivity contribution in [1.29, 1.82) is 0 Å². The fourth-order valence-corrected chi connectivity index (χ4v) is 3.12. The Kier molecular flexibility index (Phi) is 3.66. The molecular formula is C14H18FN3S. The van der Waals surface area contributed by atoms with Crippen LogP contribution in [0, 0.1) is 10.6 Å². The van der Waals surface area contributed by atoms with Crippen LogP contribution < -0.4 is 0 Å². The number of nitrogens with zero attached hydrogens (tertiary/aromatic N) is 2. The molecule has 1 aliphatic rings. The summed E-state index contributed by atoms with van der Waals surface area (Å²) in [5.41, 5.74) is 1.78. The molecule has 1 aliphatic heterocycles. The van der Waals surface area contributed by atoms with Crippen LogP contribution in [0.2, 0.25) is 0 Å². The lowest BCUT2D eigenvalue weighted by Gasteiger charge is -2.14. The van der Waals surface area contributed by atoms with Crippen molar-refractivity contribution in [2.24, 2.45) is 0 Å². The van der Waals surface area contributed by atoms with Crippen LogP contribution in [-0.4, -0.2) is 34.1 Å².